The van der Waals surface area contributed by atoms with Crippen molar-refractivity contribution in [2.24, 2.45) is 0 Å². The SMILES string of the molecule is C[N+](C)(C)C(Cc1ccccc1)C(=O)NCCCCCCCCOc1ccc(OC(=O)c2cc(F)c(F)c(F)c2)cc1.[I-]. The van der Waals surface area contributed by atoms with E-state index in [9.17, 15) is 22.8 Å². The quantitative estimate of drug-likeness (QED) is 0.0618. The number of likely N-dealkylation sites (N-methyl/N-ethyl adjacent to an activating group) is 1. The lowest BCUT2D eigenvalue weighted by molar-refractivity contribution is -0.886. The molecule has 0 aliphatic rings. The van der Waals surface area contributed by atoms with E-state index in [4.69, 9.17) is 9.47 Å². The maximum Gasteiger partial charge on any atom is 0.343 e. The summed E-state index contributed by atoms with van der Waals surface area (Å²) in [5.74, 6) is -4.70. The number of benzene rings is 3. The predicted molar refractivity (Wildman–Crippen MR) is 156 cm³/mol. The van der Waals surface area contributed by atoms with Gasteiger partial charge in [0.15, 0.2) is 23.5 Å². The molecule has 1 unspecified atom stereocenters. The lowest BCUT2D eigenvalue weighted by Crippen LogP contribution is -3.00. The molecule has 0 bridgehead atoms. The van der Waals surface area contributed by atoms with Gasteiger partial charge in [-0.25, -0.2) is 18.0 Å². The minimum atomic E-state index is -1.64. The number of unbranched alkanes of at least 4 members (excludes halogenated alkanes) is 5. The van der Waals surface area contributed by atoms with Crippen LogP contribution in [0.5, 0.6) is 11.5 Å². The minimum absolute atomic E-state index is 0. The van der Waals surface area contributed by atoms with Gasteiger partial charge in [-0.2, -0.15) is 0 Å². The molecule has 3 aromatic carbocycles. The highest BCUT2D eigenvalue weighted by Crippen LogP contribution is 2.21. The Hall–Kier alpha value is -3.12. The number of halogens is 4. The third kappa shape index (κ3) is 12.2. The molecule has 1 atom stereocenters. The van der Waals surface area contributed by atoms with Crippen molar-refractivity contribution >= 4 is 11.9 Å². The zero-order valence-corrected chi connectivity index (χ0v) is 27.0. The topological polar surface area (TPSA) is 64.6 Å². The van der Waals surface area contributed by atoms with E-state index in [1.807, 2.05) is 18.2 Å². The highest BCUT2D eigenvalue weighted by Gasteiger charge is 2.31. The van der Waals surface area contributed by atoms with Gasteiger partial charge < -0.3 is 43.3 Å². The molecule has 6 nitrogen and oxygen atoms in total. The van der Waals surface area contributed by atoms with Crippen molar-refractivity contribution in [1.29, 1.82) is 0 Å². The number of hydrogen-bond donors (Lipinski definition) is 1. The van der Waals surface area contributed by atoms with Gasteiger partial charge in [-0.05, 0) is 54.8 Å². The molecular formula is C33H40F3IN2O4. The molecule has 234 valence electrons. The van der Waals surface area contributed by atoms with Crippen molar-refractivity contribution in [2.45, 2.75) is 51.0 Å². The Morgan fingerprint density at radius 1 is 0.791 bits per heavy atom. The average Bonchev–Trinajstić information content (AvgIpc) is 2.96. The summed E-state index contributed by atoms with van der Waals surface area (Å²) in [6.07, 6.45) is 6.77. The maximum absolute atomic E-state index is 13.3. The minimum Gasteiger partial charge on any atom is -1.00 e. The summed E-state index contributed by atoms with van der Waals surface area (Å²) < 4.78 is 51.2. The van der Waals surface area contributed by atoms with E-state index < -0.39 is 29.0 Å². The molecule has 3 aromatic rings. The fourth-order valence-electron chi connectivity index (χ4n) is 4.45. The average molecular weight is 713 g/mol. The smallest absolute Gasteiger partial charge is 0.343 e. The monoisotopic (exact) mass is 712 g/mol. The fourth-order valence-corrected chi connectivity index (χ4v) is 4.45. The second-order valence-corrected chi connectivity index (χ2v) is 11.2. The first-order valence-corrected chi connectivity index (χ1v) is 14.3. The zero-order chi connectivity index (χ0) is 30.5. The molecule has 0 spiro atoms. The summed E-state index contributed by atoms with van der Waals surface area (Å²) in [5, 5.41) is 3.12. The van der Waals surface area contributed by atoms with E-state index in [0.29, 0.717) is 41.9 Å². The Balaban J connectivity index is 0.00000645. The highest BCUT2D eigenvalue weighted by atomic mass is 127. The van der Waals surface area contributed by atoms with Crippen LogP contribution in [-0.4, -0.2) is 56.7 Å². The lowest BCUT2D eigenvalue weighted by Gasteiger charge is -2.33. The van der Waals surface area contributed by atoms with Crippen molar-refractivity contribution in [3.63, 3.8) is 0 Å². The molecule has 0 radical (unpaired) electrons. The number of carbonyl (C=O) groups excluding carboxylic acids is 2. The molecule has 0 aliphatic heterocycles. The number of nitrogens with zero attached hydrogens (tertiary/aromatic N) is 1. The maximum atomic E-state index is 13.3. The number of ether oxygens (including phenoxy) is 2. The van der Waals surface area contributed by atoms with Crippen molar-refractivity contribution in [2.75, 3.05) is 34.3 Å². The fraction of sp³-hybridized carbons (Fsp3) is 0.394. The van der Waals surface area contributed by atoms with Crippen LogP contribution in [0.25, 0.3) is 0 Å². The van der Waals surface area contributed by atoms with Gasteiger partial charge in [0, 0.05) is 13.0 Å². The second-order valence-electron chi connectivity index (χ2n) is 11.2. The Kier molecular flexibility index (Phi) is 15.0. The van der Waals surface area contributed by atoms with Gasteiger partial charge >= 0.3 is 5.97 Å². The van der Waals surface area contributed by atoms with Crippen molar-refractivity contribution < 1.29 is 60.7 Å². The molecule has 10 heteroatoms. The van der Waals surface area contributed by atoms with Gasteiger partial charge in [-0.1, -0.05) is 56.0 Å². The summed E-state index contributed by atoms with van der Waals surface area (Å²) >= 11 is 0. The van der Waals surface area contributed by atoms with Gasteiger partial charge in [0.25, 0.3) is 5.91 Å². The van der Waals surface area contributed by atoms with E-state index in [1.165, 1.54) is 12.1 Å². The third-order valence-corrected chi connectivity index (χ3v) is 6.90. The molecule has 0 aromatic heterocycles. The number of carbonyl (C=O) groups is 2. The van der Waals surface area contributed by atoms with E-state index in [2.05, 4.69) is 38.6 Å². The van der Waals surface area contributed by atoms with Crippen LogP contribution in [0, 0.1) is 17.5 Å². The van der Waals surface area contributed by atoms with E-state index in [0.717, 1.165) is 44.1 Å². The lowest BCUT2D eigenvalue weighted by atomic mass is 10.0. The van der Waals surface area contributed by atoms with E-state index >= 15 is 0 Å². The molecule has 1 N–H and O–H groups in total. The molecule has 0 saturated heterocycles. The first kappa shape index (κ1) is 36.1. The van der Waals surface area contributed by atoms with Crippen molar-refractivity contribution in [1.82, 2.24) is 5.32 Å². The van der Waals surface area contributed by atoms with Crippen LogP contribution >= 0.6 is 0 Å². The number of nitrogens with one attached hydrogen (secondary N) is 1. The first-order chi connectivity index (χ1) is 20.0. The van der Waals surface area contributed by atoms with Gasteiger partial charge in [-0.3, -0.25) is 4.79 Å². The number of hydrogen-bond acceptors (Lipinski definition) is 4. The molecule has 0 saturated carbocycles. The summed E-state index contributed by atoms with van der Waals surface area (Å²) in [6, 6.07) is 17.4. The Morgan fingerprint density at radius 3 is 1.95 bits per heavy atom. The van der Waals surface area contributed by atoms with Gasteiger partial charge in [0.05, 0.1) is 33.3 Å². The van der Waals surface area contributed by atoms with Gasteiger partial charge in [0.2, 0.25) is 0 Å². The normalized spacial score (nSPS) is 11.8. The van der Waals surface area contributed by atoms with Crippen LogP contribution in [0.15, 0.2) is 66.7 Å². The van der Waals surface area contributed by atoms with Crippen LogP contribution in [0.1, 0.15) is 54.4 Å². The van der Waals surface area contributed by atoms with Gasteiger partial charge in [-0.15, -0.1) is 0 Å². The van der Waals surface area contributed by atoms with Crippen LogP contribution in [0.3, 0.4) is 0 Å². The molecule has 0 heterocycles. The standard InChI is InChI=1S/C33H39F3N2O4.HI/c1-38(2,3)30(21-24-13-9-8-10-14-24)32(39)37-19-11-6-4-5-7-12-20-41-26-15-17-27(18-16-26)42-33(40)25-22-28(34)31(36)29(35)23-25;/h8-10,13-18,22-23,30H,4-7,11-12,19-21H2,1-3H3;1H. The molecule has 1 amide bonds. The van der Waals surface area contributed by atoms with Crippen LogP contribution in [-0.2, 0) is 11.2 Å². The molecule has 0 aliphatic carbocycles. The van der Waals surface area contributed by atoms with E-state index in [1.54, 1.807) is 12.1 Å². The molecule has 3 rings (SSSR count). The molecular weight excluding hydrogens is 672 g/mol. The molecule has 0 fully saturated rings. The van der Waals surface area contributed by atoms with Gasteiger partial charge in [0.1, 0.15) is 11.5 Å². The van der Waals surface area contributed by atoms with Crippen LogP contribution in [0.4, 0.5) is 13.2 Å². The summed E-state index contributed by atoms with van der Waals surface area (Å²) in [4.78, 5) is 25.0. The summed E-state index contributed by atoms with van der Waals surface area (Å²) in [5.41, 5.74) is 0.733. The number of esters is 1. The summed E-state index contributed by atoms with van der Waals surface area (Å²) in [6.45, 7) is 1.22. The van der Waals surface area contributed by atoms with Crippen molar-refractivity contribution in [3.8, 4) is 11.5 Å². The number of rotatable bonds is 16. The first-order valence-electron chi connectivity index (χ1n) is 14.3. The van der Waals surface area contributed by atoms with E-state index in [-0.39, 0.29) is 41.7 Å². The number of amides is 1. The number of quaternary nitrogens is 1. The summed E-state index contributed by atoms with van der Waals surface area (Å²) in [7, 11) is 6.15. The van der Waals surface area contributed by atoms with Crippen LogP contribution in [0.2, 0.25) is 0 Å². The van der Waals surface area contributed by atoms with Crippen molar-refractivity contribution in [3.05, 3.63) is 95.3 Å². The Labute approximate surface area is 269 Å². The second kappa shape index (κ2) is 17.9. The Bertz CT molecular complexity index is 1280. The largest absolute Gasteiger partial charge is 1.00 e. The molecule has 43 heavy (non-hydrogen) atoms. The van der Waals surface area contributed by atoms with Crippen LogP contribution < -0.4 is 38.8 Å². The zero-order valence-electron chi connectivity index (χ0n) is 24.9. The third-order valence-electron chi connectivity index (χ3n) is 6.90. The highest BCUT2D eigenvalue weighted by molar-refractivity contribution is 5.91. The Morgan fingerprint density at radius 2 is 1.35 bits per heavy atom. The predicted octanol–water partition coefficient (Wildman–Crippen LogP) is 3.48.